The van der Waals surface area contributed by atoms with E-state index in [1.807, 2.05) is 11.0 Å². The van der Waals surface area contributed by atoms with Crippen LogP contribution in [0, 0.1) is 29.1 Å². The molecule has 0 aromatic rings. The number of rotatable bonds is 2. The molecule has 3 fully saturated rings. The summed E-state index contributed by atoms with van der Waals surface area (Å²) < 4.78 is 41.0. The van der Waals surface area contributed by atoms with E-state index in [0.29, 0.717) is 18.4 Å². The number of alkyl halides is 5. The van der Waals surface area contributed by atoms with Crippen molar-refractivity contribution < 1.29 is 39.2 Å². The Hall–Kier alpha value is -0.820. The number of likely N-dealkylation sites (tertiary alicyclic amines) is 1. The number of carbonyl (C=O) groups excluding carboxylic acids is 1. The SMILES string of the molecule is CC1C2C[I-]CCCC2CCN1C(=O)/C(C#N)=C/C1CCC(C(F)(F)F)CN1. The number of fused-ring (bicyclic) bond motifs is 1. The van der Waals surface area contributed by atoms with Crippen LogP contribution in [-0.2, 0) is 4.79 Å². The Morgan fingerprint density at radius 2 is 2.07 bits per heavy atom. The van der Waals surface area contributed by atoms with Crippen LogP contribution in [0.15, 0.2) is 11.6 Å². The monoisotopic (exact) mass is 510 g/mol. The number of nitrogens with one attached hydrogen (secondary N) is 1. The molecule has 1 N–H and O–H groups in total. The summed E-state index contributed by atoms with van der Waals surface area (Å²) >= 11 is 0.207. The Labute approximate surface area is 175 Å². The molecule has 158 valence electrons. The first-order valence-corrected chi connectivity index (χ1v) is 13.1. The number of nitrogens with zero attached hydrogens (tertiary/aromatic N) is 2. The summed E-state index contributed by atoms with van der Waals surface area (Å²) in [5.74, 6) is -0.380. The summed E-state index contributed by atoms with van der Waals surface area (Å²) in [6.45, 7) is 2.61. The minimum absolute atomic E-state index is 0.0259. The molecular weight excluding hydrogens is 482 g/mol. The molecule has 3 heterocycles. The quantitative estimate of drug-likeness (QED) is 0.248. The van der Waals surface area contributed by atoms with E-state index in [-0.39, 0.29) is 64.2 Å². The first kappa shape index (κ1) is 21.9. The van der Waals surface area contributed by atoms with Crippen molar-refractivity contribution in [1.82, 2.24) is 10.2 Å². The predicted molar refractivity (Wildman–Crippen MR) is 96.0 cm³/mol. The molecule has 3 aliphatic heterocycles. The Morgan fingerprint density at radius 1 is 1.29 bits per heavy atom. The van der Waals surface area contributed by atoms with E-state index in [9.17, 15) is 23.2 Å². The number of nitriles is 1. The summed E-state index contributed by atoms with van der Waals surface area (Å²) in [5, 5.41) is 12.4. The van der Waals surface area contributed by atoms with Crippen molar-refractivity contribution in [2.75, 3.05) is 21.9 Å². The molecule has 28 heavy (non-hydrogen) atoms. The molecule has 1 amide bonds. The number of carbonyl (C=O) groups is 1. The van der Waals surface area contributed by atoms with Gasteiger partial charge in [0.1, 0.15) is 0 Å². The van der Waals surface area contributed by atoms with E-state index in [1.54, 1.807) is 6.08 Å². The summed E-state index contributed by atoms with van der Waals surface area (Å²) in [6, 6.07) is 1.79. The molecule has 0 aliphatic carbocycles. The molecule has 0 aromatic carbocycles. The number of halogens is 4. The zero-order chi connectivity index (χ0) is 20.3. The van der Waals surface area contributed by atoms with Gasteiger partial charge in [-0.2, -0.15) is 13.2 Å². The van der Waals surface area contributed by atoms with E-state index >= 15 is 0 Å². The second kappa shape index (κ2) is 9.33. The van der Waals surface area contributed by atoms with Gasteiger partial charge in [-0.3, -0.25) is 0 Å². The second-order valence-electron chi connectivity index (χ2n) is 8.15. The molecule has 5 atom stereocenters. The zero-order valence-electron chi connectivity index (χ0n) is 16.1. The normalized spacial score (nSPS) is 35.2. The van der Waals surface area contributed by atoms with Crippen molar-refractivity contribution in [3.8, 4) is 6.07 Å². The Morgan fingerprint density at radius 3 is 2.71 bits per heavy atom. The fraction of sp³-hybridized carbons (Fsp3) is 0.800. The van der Waals surface area contributed by atoms with Gasteiger partial charge in [-0.05, 0) is 0 Å². The van der Waals surface area contributed by atoms with Crippen LogP contribution < -0.4 is 26.5 Å². The third kappa shape index (κ3) is 5.02. The van der Waals surface area contributed by atoms with Gasteiger partial charge in [0, 0.05) is 0 Å². The molecule has 0 saturated carbocycles. The third-order valence-electron chi connectivity index (χ3n) is 6.48. The Balaban J connectivity index is 1.65. The van der Waals surface area contributed by atoms with Crippen molar-refractivity contribution in [3.63, 3.8) is 0 Å². The van der Waals surface area contributed by atoms with Crippen molar-refractivity contribution in [3.05, 3.63) is 11.6 Å². The number of piperidine rings is 2. The van der Waals surface area contributed by atoms with Gasteiger partial charge in [-0.1, -0.05) is 0 Å². The van der Waals surface area contributed by atoms with Crippen LogP contribution in [0.2, 0.25) is 0 Å². The van der Waals surface area contributed by atoms with Gasteiger partial charge in [0.2, 0.25) is 0 Å². The zero-order valence-corrected chi connectivity index (χ0v) is 18.3. The summed E-state index contributed by atoms with van der Waals surface area (Å²) in [7, 11) is 0. The molecule has 0 bridgehead atoms. The van der Waals surface area contributed by atoms with E-state index in [2.05, 4.69) is 12.2 Å². The van der Waals surface area contributed by atoms with Crippen LogP contribution in [0.5, 0.6) is 0 Å². The van der Waals surface area contributed by atoms with Gasteiger partial charge >= 0.3 is 162 Å². The Bertz CT molecular complexity index is 638. The topological polar surface area (TPSA) is 56.1 Å². The average molecular weight is 510 g/mol. The Kier molecular flexibility index (Phi) is 7.29. The summed E-state index contributed by atoms with van der Waals surface area (Å²) in [6.07, 6.45) is 1.22. The van der Waals surface area contributed by atoms with Gasteiger partial charge in [0.25, 0.3) is 0 Å². The van der Waals surface area contributed by atoms with E-state index < -0.39 is 12.1 Å². The van der Waals surface area contributed by atoms with Crippen molar-refractivity contribution in [2.45, 2.75) is 57.3 Å². The molecule has 5 unspecified atom stereocenters. The molecule has 0 spiro atoms. The first-order chi connectivity index (χ1) is 13.3. The van der Waals surface area contributed by atoms with Gasteiger partial charge in [-0.25, -0.2) is 0 Å². The molecular formula is C20H28F3IN3O-. The molecule has 3 saturated heterocycles. The fourth-order valence-electron chi connectivity index (χ4n) is 4.70. The van der Waals surface area contributed by atoms with Crippen LogP contribution >= 0.6 is 0 Å². The van der Waals surface area contributed by atoms with Crippen LogP contribution in [0.3, 0.4) is 0 Å². The molecule has 0 radical (unpaired) electrons. The number of hydrogen-bond acceptors (Lipinski definition) is 3. The van der Waals surface area contributed by atoms with Gasteiger partial charge in [0.15, 0.2) is 0 Å². The van der Waals surface area contributed by atoms with Crippen LogP contribution in [0.1, 0.15) is 39.0 Å². The van der Waals surface area contributed by atoms with Crippen molar-refractivity contribution >= 4 is 5.91 Å². The second-order valence-corrected chi connectivity index (χ2v) is 11.2. The van der Waals surface area contributed by atoms with Crippen molar-refractivity contribution in [2.24, 2.45) is 17.8 Å². The van der Waals surface area contributed by atoms with Crippen LogP contribution in [-0.4, -0.2) is 51.0 Å². The summed E-state index contributed by atoms with van der Waals surface area (Å²) in [5.41, 5.74) is 0.0663. The number of amides is 1. The predicted octanol–water partition coefficient (Wildman–Crippen LogP) is 0.103. The fourth-order valence-corrected chi connectivity index (χ4v) is 8.29. The molecule has 4 nitrogen and oxygen atoms in total. The minimum atomic E-state index is -4.20. The first-order valence-electron chi connectivity index (χ1n) is 10.1. The third-order valence-corrected chi connectivity index (χ3v) is 9.65. The van der Waals surface area contributed by atoms with E-state index in [4.69, 9.17) is 0 Å². The molecule has 3 aliphatic rings. The van der Waals surface area contributed by atoms with Gasteiger partial charge in [0.05, 0.1) is 0 Å². The molecule has 3 rings (SSSR count). The van der Waals surface area contributed by atoms with Gasteiger partial charge < -0.3 is 0 Å². The molecule has 0 aromatic heterocycles. The van der Waals surface area contributed by atoms with Crippen LogP contribution in [0.25, 0.3) is 0 Å². The standard InChI is InChI=1S/C20H28F3IN3O/c1-13-18-10-24-7-2-3-14(18)6-8-27(13)19(28)15(11-25)9-17-5-4-16(12-26-17)20(21,22)23/h9,13-14,16-18,26H,2-8,10,12H2,1H3/q-1/b15-9+. The maximum absolute atomic E-state index is 13.0. The summed E-state index contributed by atoms with van der Waals surface area (Å²) in [4.78, 5) is 14.9. The molecule has 8 heteroatoms. The van der Waals surface area contributed by atoms with Crippen LogP contribution in [0.4, 0.5) is 13.2 Å². The average Bonchev–Trinajstić information content (AvgIpc) is 2.92. The van der Waals surface area contributed by atoms with Gasteiger partial charge in [-0.15, -0.1) is 0 Å². The van der Waals surface area contributed by atoms with E-state index in [0.717, 1.165) is 6.42 Å². The van der Waals surface area contributed by atoms with E-state index in [1.165, 1.54) is 21.7 Å². The van der Waals surface area contributed by atoms with Crippen molar-refractivity contribution in [1.29, 1.82) is 5.26 Å². The number of hydrogen-bond donors (Lipinski definition) is 1. The maximum atomic E-state index is 13.0.